The lowest BCUT2D eigenvalue weighted by atomic mass is 9.93. The van der Waals surface area contributed by atoms with E-state index in [9.17, 15) is 4.79 Å². The zero-order chi connectivity index (χ0) is 15.7. The molecule has 0 aromatic carbocycles. The van der Waals surface area contributed by atoms with Gasteiger partial charge in [-0.3, -0.25) is 9.69 Å². The number of thiazole rings is 1. The summed E-state index contributed by atoms with van der Waals surface area (Å²) in [7, 11) is 0. The minimum atomic E-state index is 0.0772. The maximum absolute atomic E-state index is 12.0. The SMILES string of the molecule is CC(C)(C)c1csc(CNC(=O)CCN2C[C@H]3CC[C@@H]2C3)n1. The molecule has 2 fully saturated rings. The van der Waals surface area contributed by atoms with Crippen LogP contribution < -0.4 is 5.32 Å². The maximum atomic E-state index is 12.0. The van der Waals surface area contributed by atoms with Crippen LogP contribution in [0.15, 0.2) is 5.38 Å². The van der Waals surface area contributed by atoms with Crippen molar-refractivity contribution in [3.05, 3.63) is 16.1 Å². The van der Waals surface area contributed by atoms with Gasteiger partial charge in [-0.05, 0) is 25.2 Å². The first-order chi connectivity index (χ1) is 10.4. The number of aromatic nitrogens is 1. The van der Waals surface area contributed by atoms with Gasteiger partial charge in [-0.15, -0.1) is 11.3 Å². The Hall–Kier alpha value is -0.940. The van der Waals surface area contributed by atoms with Gasteiger partial charge in [-0.2, -0.15) is 0 Å². The van der Waals surface area contributed by atoms with E-state index in [1.54, 1.807) is 11.3 Å². The number of nitrogens with one attached hydrogen (secondary N) is 1. The Morgan fingerprint density at radius 2 is 2.27 bits per heavy atom. The van der Waals surface area contributed by atoms with E-state index in [-0.39, 0.29) is 11.3 Å². The van der Waals surface area contributed by atoms with E-state index in [1.165, 1.54) is 25.8 Å². The molecule has 1 saturated heterocycles. The Morgan fingerprint density at radius 3 is 2.86 bits per heavy atom. The van der Waals surface area contributed by atoms with Gasteiger partial charge in [0.2, 0.25) is 5.91 Å². The minimum absolute atomic E-state index is 0.0772. The fourth-order valence-electron chi connectivity index (χ4n) is 3.54. The fourth-order valence-corrected chi connectivity index (χ4v) is 4.51. The number of likely N-dealkylation sites (tertiary alicyclic amines) is 1. The number of carbonyl (C=O) groups excluding carboxylic acids is 1. The Morgan fingerprint density at radius 1 is 1.45 bits per heavy atom. The van der Waals surface area contributed by atoms with E-state index in [1.807, 2.05) is 0 Å². The molecule has 1 aromatic heterocycles. The third kappa shape index (κ3) is 3.69. The van der Waals surface area contributed by atoms with Crippen molar-refractivity contribution in [3.63, 3.8) is 0 Å². The molecule has 5 heteroatoms. The zero-order valence-corrected chi connectivity index (χ0v) is 14.7. The van der Waals surface area contributed by atoms with Gasteiger partial charge < -0.3 is 5.32 Å². The summed E-state index contributed by atoms with van der Waals surface area (Å²) in [6, 6.07) is 0.756. The molecule has 1 saturated carbocycles. The third-order valence-electron chi connectivity index (χ3n) is 4.91. The first-order valence-electron chi connectivity index (χ1n) is 8.37. The summed E-state index contributed by atoms with van der Waals surface area (Å²) >= 11 is 1.64. The van der Waals surface area contributed by atoms with Crippen molar-refractivity contribution in [2.24, 2.45) is 5.92 Å². The van der Waals surface area contributed by atoms with Crippen molar-refractivity contribution in [2.45, 2.75) is 64.5 Å². The van der Waals surface area contributed by atoms with E-state index in [4.69, 9.17) is 0 Å². The summed E-state index contributed by atoms with van der Waals surface area (Å²) in [4.78, 5) is 19.1. The molecule has 2 aliphatic rings. The van der Waals surface area contributed by atoms with Crippen LogP contribution in [-0.4, -0.2) is 34.9 Å². The molecule has 0 radical (unpaired) electrons. The summed E-state index contributed by atoms with van der Waals surface area (Å²) in [5, 5.41) is 6.11. The number of carbonyl (C=O) groups is 1. The van der Waals surface area contributed by atoms with Crippen molar-refractivity contribution in [2.75, 3.05) is 13.1 Å². The van der Waals surface area contributed by atoms with E-state index in [0.29, 0.717) is 13.0 Å². The van der Waals surface area contributed by atoms with Crippen LogP contribution in [0.5, 0.6) is 0 Å². The molecule has 1 N–H and O–H groups in total. The van der Waals surface area contributed by atoms with Crippen LogP contribution in [0.1, 0.15) is 57.2 Å². The fraction of sp³-hybridized carbons (Fsp3) is 0.765. The van der Waals surface area contributed by atoms with Crippen molar-refractivity contribution < 1.29 is 4.79 Å². The maximum Gasteiger partial charge on any atom is 0.221 e. The molecular formula is C17H27N3OS. The van der Waals surface area contributed by atoms with E-state index in [0.717, 1.165) is 29.2 Å². The molecule has 4 nitrogen and oxygen atoms in total. The predicted octanol–water partition coefficient (Wildman–Crippen LogP) is 2.93. The van der Waals surface area contributed by atoms with Crippen molar-refractivity contribution >= 4 is 17.2 Å². The number of nitrogens with zero attached hydrogens (tertiary/aromatic N) is 2. The average Bonchev–Trinajstić information content (AvgIpc) is 3.17. The highest BCUT2D eigenvalue weighted by Gasteiger charge is 2.37. The molecule has 3 rings (SSSR count). The molecule has 2 bridgehead atoms. The monoisotopic (exact) mass is 321 g/mol. The van der Waals surface area contributed by atoms with Crippen LogP contribution in [0.3, 0.4) is 0 Å². The van der Waals surface area contributed by atoms with E-state index in [2.05, 4.69) is 41.4 Å². The highest BCUT2D eigenvalue weighted by Crippen LogP contribution is 2.37. The summed E-state index contributed by atoms with van der Waals surface area (Å²) in [5.74, 6) is 1.05. The van der Waals surface area contributed by atoms with Gasteiger partial charge in [0, 0.05) is 36.3 Å². The lowest BCUT2D eigenvalue weighted by molar-refractivity contribution is -0.121. The Balaban J connectivity index is 1.40. The topological polar surface area (TPSA) is 45.2 Å². The van der Waals surface area contributed by atoms with Crippen molar-refractivity contribution in [1.82, 2.24) is 15.2 Å². The molecule has 1 aromatic rings. The molecule has 122 valence electrons. The third-order valence-corrected chi connectivity index (χ3v) is 5.75. The van der Waals surface area contributed by atoms with Crippen LogP contribution in [0.25, 0.3) is 0 Å². The second kappa shape index (κ2) is 6.28. The number of hydrogen-bond acceptors (Lipinski definition) is 4. The van der Waals surface area contributed by atoms with Gasteiger partial charge in [0.05, 0.1) is 12.2 Å². The molecule has 2 atom stereocenters. The first kappa shape index (κ1) is 15.9. The lowest BCUT2D eigenvalue weighted by Crippen LogP contribution is -2.35. The summed E-state index contributed by atoms with van der Waals surface area (Å²) < 4.78 is 0. The number of amides is 1. The molecular weight excluding hydrogens is 294 g/mol. The van der Waals surface area contributed by atoms with Crippen LogP contribution >= 0.6 is 11.3 Å². The number of fused-ring (bicyclic) bond motifs is 2. The molecule has 2 heterocycles. The molecule has 1 aliphatic heterocycles. The van der Waals surface area contributed by atoms with E-state index < -0.39 is 0 Å². The molecule has 0 spiro atoms. The van der Waals surface area contributed by atoms with Gasteiger partial charge in [-0.25, -0.2) is 4.98 Å². The molecule has 1 aliphatic carbocycles. The largest absolute Gasteiger partial charge is 0.350 e. The van der Waals surface area contributed by atoms with Gasteiger partial charge in [0.25, 0.3) is 0 Å². The van der Waals surface area contributed by atoms with Crippen LogP contribution in [0.2, 0.25) is 0 Å². The Kier molecular flexibility index (Phi) is 4.55. The van der Waals surface area contributed by atoms with Crippen LogP contribution in [-0.2, 0) is 16.8 Å². The minimum Gasteiger partial charge on any atom is -0.350 e. The molecule has 22 heavy (non-hydrogen) atoms. The van der Waals surface area contributed by atoms with Crippen LogP contribution in [0.4, 0.5) is 0 Å². The number of piperidine rings is 1. The summed E-state index contributed by atoms with van der Waals surface area (Å²) in [5.41, 5.74) is 1.18. The van der Waals surface area contributed by atoms with Crippen LogP contribution in [0, 0.1) is 5.92 Å². The zero-order valence-electron chi connectivity index (χ0n) is 13.9. The Labute approximate surface area is 137 Å². The smallest absolute Gasteiger partial charge is 0.221 e. The quantitative estimate of drug-likeness (QED) is 0.907. The standard InChI is InChI=1S/C17H27N3OS/c1-17(2,3)14-11-22-16(19-14)9-18-15(21)6-7-20-10-12-4-5-13(20)8-12/h11-13H,4-10H2,1-3H3,(H,18,21)/t12-,13+/m0/s1. The van der Waals surface area contributed by atoms with Gasteiger partial charge >= 0.3 is 0 Å². The second-order valence-electron chi connectivity index (χ2n) is 7.73. The van der Waals surface area contributed by atoms with Gasteiger partial charge in [0.1, 0.15) is 5.01 Å². The van der Waals surface area contributed by atoms with Gasteiger partial charge in [-0.1, -0.05) is 20.8 Å². The van der Waals surface area contributed by atoms with Crippen molar-refractivity contribution in [1.29, 1.82) is 0 Å². The van der Waals surface area contributed by atoms with Gasteiger partial charge in [0.15, 0.2) is 0 Å². The van der Waals surface area contributed by atoms with E-state index >= 15 is 0 Å². The normalized spacial score (nSPS) is 24.9. The highest BCUT2D eigenvalue weighted by atomic mass is 32.1. The molecule has 1 amide bonds. The number of hydrogen-bond donors (Lipinski definition) is 1. The number of rotatable bonds is 5. The Bertz CT molecular complexity index is 534. The lowest BCUT2D eigenvalue weighted by Gasteiger charge is -2.26. The molecule has 0 unspecified atom stereocenters. The summed E-state index contributed by atoms with van der Waals surface area (Å²) in [6.07, 6.45) is 4.70. The van der Waals surface area contributed by atoms with Crippen molar-refractivity contribution in [3.8, 4) is 0 Å². The second-order valence-corrected chi connectivity index (χ2v) is 8.67. The first-order valence-corrected chi connectivity index (χ1v) is 9.25. The average molecular weight is 321 g/mol. The predicted molar refractivity (Wildman–Crippen MR) is 90.0 cm³/mol. The summed E-state index contributed by atoms with van der Waals surface area (Å²) in [6.45, 7) is 9.17. The highest BCUT2D eigenvalue weighted by molar-refractivity contribution is 7.09.